The number of nitrogens with zero attached hydrogens (tertiary/aromatic N) is 1. The number of carbonyl (C=O) groups is 1. The van der Waals surface area contributed by atoms with Gasteiger partial charge in [-0.3, -0.25) is 4.79 Å². The van der Waals surface area contributed by atoms with Gasteiger partial charge in [-0.2, -0.15) is 0 Å². The molecule has 0 amide bonds. The van der Waals surface area contributed by atoms with Gasteiger partial charge in [0.1, 0.15) is 6.10 Å². The highest BCUT2D eigenvalue weighted by Crippen LogP contribution is 2.18. The van der Waals surface area contributed by atoms with Crippen molar-refractivity contribution >= 4 is 16.0 Å². The van der Waals surface area contributed by atoms with E-state index in [-0.39, 0.29) is 12.1 Å². The van der Waals surface area contributed by atoms with Crippen LogP contribution in [-0.2, 0) is 24.3 Å². The molecule has 0 bridgehead atoms. The van der Waals surface area contributed by atoms with E-state index in [1.54, 1.807) is 0 Å². The van der Waals surface area contributed by atoms with E-state index in [1.807, 2.05) is 0 Å². The van der Waals surface area contributed by atoms with E-state index in [0.717, 1.165) is 77.8 Å². The van der Waals surface area contributed by atoms with Crippen LogP contribution in [0.2, 0.25) is 0 Å². The number of unbranched alkanes of at least 4 members (excludes halogenated alkanes) is 24. The molecule has 0 atom stereocenters. The Morgan fingerprint density at radius 3 is 1.34 bits per heavy atom. The van der Waals surface area contributed by atoms with Crippen LogP contribution in [0.4, 0.5) is 0 Å². The maximum atomic E-state index is 12.8. The standard InChI is InChI=1S/C45H92N2O5S/c1-5-8-11-14-20-27-35-44(36-28-21-15-12-9-6-2)52-45(48)37-29-22-19-24-31-40-47(41-34-38-46-53(4,49)50)39-30-23-17-18-26-33-43-51-42-32-25-16-13-10-7-3/h44,46H,5-43H2,1-4H3. The summed E-state index contributed by atoms with van der Waals surface area (Å²) in [6.45, 7) is 12.2. The summed E-state index contributed by atoms with van der Waals surface area (Å²) >= 11 is 0. The molecule has 0 spiro atoms. The summed E-state index contributed by atoms with van der Waals surface area (Å²) in [7, 11) is -3.14. The lowest BCUT2D eigenvalue weighted by atomic mass is 10.0. The first-order valence-electron chi connectivity index (χ1n) is 23.3. The van der Waals surface area contributed by atoms with Gasteiger partial charge < -0.3 is 14.4 Å². The highest BCUT2D eigenvalue weighted by Gasteiger charge is 2.14. The molecule has 1 N–H and O–H groups in total. The van der Waals surface area contributed by atoms with Crippen molar-refractivity contribution in [2.45, 2.75) is 239 Å². The van der Waals surface area contributed by atoms with Gasteiger partial charge in [0.15, 0.2) is 0 Å². The summed E-state index contributed by atoms with van der Waals surface area (Å²) in [5.41, 5.74) is 0. The molecule has 0 fully saturated rings. The average Bonchev–Trinajstić information content (AvgIpc) is 3.13. The topological polar surface area (TPSA) is 84.9 Å². The van der Waals surface area contributed by atoms with Crippen molar-refractivity contribution in [1.82, 2.24) is 9.62 Å². The van der Waals surface area contributed by atoms with Crippen molar-refractivity contribution in [3.8, 4) is 0 Å². The minimum Gasteiger partial charge on any atom is -0.462 e. The monoisotopic (exact) mass is 773 g/mol. The predicted octanol–water partition coefficient (Wildman–Crippen LogP) is 12.7. The third kappa shape index (κ3) is 42.3. The molecule has 0 radical (unpaired) electrons. The third-order valence-electron chi connectivity index (χ3n) is 10.6. The Bertz CT molecular complexity index is 840. The van der Waals surface area contributed by atoms with Crippen LogP contribution >= 0.6 is 0 Å². The van der Waals surface area contributed by atoms with Gasteiger partial charge in [0.25, 0.3) is 0 Å². The quantitative estimate of drug-likeness (QED) is 0.0490. The minimum atomic E-state index is -3.14. The van der Waals surface area contributed by atoms with Gasteiger partial charge in [-0.15, -0.1) is 0 Å². The SMILES string of the molecule is CCCCCCCCOCCCCCCCCN(CCCCCCCC(=O)OC(CCCCCCCC)CCCCCCCC)CCCNS(C)(=O)=O. The Kier molecular flexibility index (Phi) is 40.4. The van der Waals surface area contributed by atoms with Crippen molar-refractivity contribution in [3.05, 3.63) is 0 Å². The molecule has 53 heavy (non-hydrogen) atoms. The second-order valence-corrected chi connectivity index (χ2v) is 17.9. The first kappa shape index (κ1) is 52.3. The summed E-state index contributed by atoms with van der Waals surface area (Å²) < 4.78 is 37.5. The molecule has 0 unspecified atom stereocenters. The van der Waals surface area contributed by atoms with Crippen LogP contribution in [0.15, 0.2) is 0 Å². The van der Waals surface area contributed by atoms with E-state index in [4.69, 9.17) is 9.47 Å². The predicted molar refractivity (Wildman–Crippen MR) is 229 cm³/mol. The van der Waals surface area contributed by atoms with Crippen LogP contribution in [-0.4, -0.2) is 71.0 Å². The zero-order chi connectivity index (χ0) is 38.9. The zero-order valence-electron chi connectivity index (χ0n) is 36.1. The van der Waals surface area contributed by atoms with Gasteiger partial charge >= 0.3 is 5.97 Å². The van der Waals surface area contributed by atoms with E-state index in [1.165, 1.54) is 167 Å². The second kappa shape index (κ2) is 40.9. The number of rotatable bonds is 44. The fourth-order valence-corrected chi connectivity index (χ4v) is 7.69. The number of hydrogen-bond donors (Lipinski definition) is 1. The first-order valence-corrected chi connectivity index (χ1v) is 25.2. The molecule has 8 heteroatoms. The first-order chi connectivity index (χ1) is 25.8. The van der Waals surface area contributed by atoms with Crippen LogP contribution in [0.1, 0.15) is 233 Å². The molecule has 0 saturated heterocycles. The van der Waals surface area contributed by atoms with Crippen molar-refractivity contribution in [3.63, 3.8) is 0 Å². The zero-order valence-corrected chi connectivity index (χ0v) is 36.9. The van der Waals surface area contributed by atoms with Crippen LogP contribution in [0.25, 0.3) is 0 Å². The Morgan fingerprint density at radius 2 is 0.887 bits per heavy atom. The van der Waals surface area contributed by atoms with Gasteiger partial charge in [-0.25, -0.2) is 13.1 Å². The summed E-state index contributed by atoms with van der Waals surface area (Å²) in [6, 6.07) is 0. The van der Waals surface area contributed by atoms with Crippen molar-refractivity contribution in [1.29, 1.82) is 0 Å². The number of hydrogen-bond acceptors (Lipinski definition) is 6. The Labute approximate surface area is 331 Å². The fourth-order valence-electron chi connectivity index (χ4n) is 7.18. The Balaban J connectivity index is 4.25. The van der Waals surface area contributed by atoms with E-state index in [2.05, 4.69) is 30.4 Å². The number of carbonyl (C=O) groups excluding carboxylic acids is 1. The van der Waals surface area contributed by atoms with Crippen LogP contribution in [0, 0.1) is 0 Å². The molecule has 0 aliphatic heterocycles. The Hall–Kier alpha value is -0.700. The molecule has 318 valence electrons. The highest BCUT2D eigenvalue weighted by molar-refractivity contribution is 7.88. The molecule has 0 heterocycles. The molecule has 0 aromatic carbocycles. The molecule has 0 aromatic heterocycles. The Morgan fingerprint density at radius 1 is 0.509 bits per heavy atom. The molecule has 0 rings (SSSR count). The van der Waals surface area contributed by atoms with E-state index < -0.39 is 10.0 Å². The lowest BCUT2D eigenvalue weighted by molar-refractivity contribution is -0.150. The maximum Gasteiger partial charge on any atom is 0.306 e. The molecular formula is C45H92N2O5S. The highest BCUT2D eigenvalue weighted by atomic mass is 32.2. The number of esters is 1. The van der Waals surface area contributed by atoms with Gasteiger partial charge in [-0.05, 0) is 83.8 Å². The van der Waals surface area contributed by atoms with E-state index in [9.17, 15) is 13.2 Å². The third-order valence-corrected chi connectivity index (χ3v) is 11.3. The van der Waals surface area contributed by atoms with E-state index in [0.29, 0.717) is 13.0 Å². The van der Waals surface area contributed by atoms with E-state index >= 15 is 0 Å². The summed E-state index contributed by atoms with van der Waals surface area (Å²) in [6.07, 6.45) is 41.0. The molecule has 7 nitrogen and oxygen atoms in total. The molecular weight excluding hydrogens is 681 g/mol. The van der Waals surface area contributed by atoms with Crippen LogP contribution in [0.3, 0.4) is 0 Å². The van der Waals surface area contributed by atoms with Gasteiger partial charge in [0.2, 0.25) is 10.0 Å². The fraction of sp³-hybridized carbons (Fsp3) is 0.978. The molecule has 0 saturated carbocycles. The summed E-state index contributed by atoms with van der Waals surface area (Å²) in [5, 5.41) is 0. The van der Waals surface area contributed by atoms with Crippen LogP contribution < -0.4 is 4.72 Å². The van der Waals surface area contributed by atoms with Crippen molar-refractivity contribution in [2.75, 3.05) is 45.6 Å². The lowest BCUT2D eigenvalue weighted by Crippen LogP contribution is -2.31. The molecule has 0 aliphatic carbocycles. The van der Waals surface area contributed by atoms with Crippen molar-refractivity contribution < 1.29 is 22.7 Å². The normalized spacial score (nSPS) is 12.0. The van der Waals surface area contributed by atoms with Crippen molar-refractivity contribution in [2.24, 2.45) is 0 Å². The van der Waals surface area contributed by atoms with Gasteiger partial charge in [0, 0.05) is 26.2 Å². The molecule has 0 aliphatic rings. The van der Waals surface area contributed by atoms with Gasteiger partial charge in [0.05, 0.1) is 6.26 Å². The summed E-state index contributed by atoms with van der Waals surface area (Å²) in [4.78, 5) is 15.3. The van der Waals surface area contributed by atoms with Gasteiger partial charge in [-0.1, -0.05) is 162 Å². The number of sulfonamides is 1. The lowest BCUT2D eigenvalue weighted by Gasteiger charge is -2.22. The summed E-state index contributed by atoms with van der Waals surface area (Å²) in [5.74, 6) is 0.0117. The number of nitrogens with one attached hydrogen (secondary N) is 1. The largest absolute Gasteiger partial charge is 0.462 e. The second-order valence-electron chi connectivity index (χ2n) is 16.1. The smallest absolute Gasteiger partial charge is 0.306 e. The molecule has 0 aromatic rings. The number of ether oxygens (including phenoxy) is 2. The average molecular weight is 773 g/mol. The maximum absolute atomic E-state index is 12.8. The van der Waals surface area contributed by atoms with Crippen LogP contribution in [0.5, 0.6) is 0 Å². The minimum absolute atomic E-state index is 0.0117.